The molecular formula is C20H23N5O. The number of amides is 1. The van der Waals surface area contributed by atoms with E-state index in [2.05, 4.69) is 45.2 Å². The van der Waals surface area contributed by atoms with Gasteiger partial charge in [0.2, 0.25) is 5.91 Å². The normalized spacial score (nSPS) is 18.1. The standard InChI is InChI=1S/C20H23N5O/c1-23-11-12-25(14-20(23)26)19-13-18(21-15-22-19)24-9-7-17(8-10-24)16-5-3-2-4-6-16/h2-7,13,15H,8-12,14H2,1H3. The number of nitrogens with zero attached hydrogens (tertiary/aromatic N) is 5. The third-order valence-corrected chi connectivity index (χ3v) is 5.10. The Balaban J connectivity index is 1.48. The van der Waals surface area contributed by atoms with Crippen LogP contribution in [0.4, 0.5) is 11.6 Å². The van der Waals surface area contributed by atoms with E-state index in [-0.39, 0.29) is 5.91 Å². The second-order valence-electron chi connectivity index (χ2n) is 6.76. The summed E-state index contributed by atoms with van der Waals surface area (Å²) < 4.78 is 0. The Hall–Kier alpha value is -2.89. The van der Waals surface area contributed by atoms with Crippen molar-refractivity contribution in [3.05, 3.63) is 54.4 Å². The molecule has 1 fully saturated rings. The molecule has 1 amide bonds. The van der Waals surface area contributed by atoms with Crippen molar-refractivity contribution in [3.63, 3.8) is 0 Å². The molecule has 2 aliphatic heterocycles. The first-order chi connectivity index (χ1) is 12.7. The number of hydrogen-bond acceptors (Lipinski definition) is 5. The predicted octanol–water partition coefficient (Wildman–Crippen LogP) is 2.05. The van der Waals surface area contributed by atoms with Crippen molar-refractivity contribution >= 4 is 23.1 Å². The lowest BCUT2D eigenvalue weighted by Gasteiger charge is -2.33. The fraction of sp³-hybridized carbons (Fsp3) is 0.350. The monoisotopic (exact) mass is 349 g/mol. The maximum atomic E-state index is 12.0. The van der Waals surface area contributed by atoms with Gasteiger partial charge in [0.05, 0.1) is 6.54 Å². The van der Waals surface area contributed by atoms with E-state index in [0.29, 0.717) is 6.54 Å². The smallest absolute Gasteiger partial charge is 0.241 e. The van der Waals surface area contributed by atoms with Crippen LogP contribution in [0.25, 0.3) is 5.57 Å². The summed E-state index contributed by atoms with van der Waals surface area (Å²) in [7, 11) is 1.84. The van der Waals surface area contributed by atoms with E-state index < -0.39 is 0 Å². The third-order valence-electron chi connectivity index (χ3n) is 5.10. The number of anilines is 2. The zero-order chi connectivity index (χ0) is 17.9. The predicted molar refractivity (Wildman–Crippen MR) is 103 cm³/mol. The molecule has 6 heteroatoms. The average molecular weight is 349 g/mol. The number of hydrogen-bond donors (Lipinski definition) is 0. The van der Waals surface area contributed by atoms with Gasteiger partial charge in [-0.2, -0.15) is 0 Å². The Kier molecular flexibility index (Phi) is 4.56. The highest BCUT2D eigenvalue weighted by Gasteiger charge is 2.23. The number of carbonyl (C=O) groups excluding carboxylic acids is 1. The Morgan fingerprint density at radius 1 is 0.962 bits per heavy atom. The fourth-order valence-electron chi connectivity index (χ4n) is 3.43. The van der Waals surface area contributed by atoms with Gasteiger partial charge < -0.3 is 14.7 Å². The van der Waals surface area contributed by atoms with Crippen LogP contribution in [0.3, 0.4) is 0 Å². The first-order valence-electron chi connectivity index (χ1n) is 9.01. The van der Waals surface area contributed by atoms with Crippen LogP contribution in [0.1, 0.15) is 12.0 Å². The Morgan fingerprint density at radius 2 is 1.73 bits per heavy atom. The van der Waals surface area contributed by atoms with Crippen molar-refractivity contribution in [1.82, 2.24) is 14.9 Å². The highest BCUT2D eigenvalue weighted by molar-refractivity contribution is 5.82. The molecule has 0 N–H and O–H groups in total. The van der Waals surface area contributed by atoms with E-state index in [1.54, 1.807) is 11.2 Å². The van der Waals surface area contributed by atoms with Crippen molar-refractivity contribution in [2.45, 2.75) is 6.42 Å². The highest BCUT2D eigenvalue weighted by atomic mass is 16.2. The Morgan fingerprint density at radius 3 is 2.42 bits per heavy atom. The molecule has 0 saturated carbocycles. The van der Waals surface area contributed by atoms with Gasteiger partial charge in [-0.3, -0.25) is 4.79 Å². The minimum absolute atomic E-state index is 0.129. The number of carbonyl (C=O) groups is 1. The molecule has 6 nitrogen and oxygen atoms in total. The van der Waals surface area contributed by atoms with Crippen LogP contribution in [-0.4, -0.2) is 60.5 Å². The van der Waals surface area contributed by atoms with E-state index in [9.17, 15) is 4.79 Å². The number of benzene rings is 1. The molecule has 1 aromatic carbocycles. The third kappa shape index (κ3) is 3.40. The van der Waals surface area contributed by atoms with Crippen LogP contribution in [0, 0.1) is 0 Å². The molecule has 1 saturated heterocycles. The van der Waals surface area contributed by atoms with Crippen LogP contribution in [0.15, 0.2) is 48.8 Å². The molecule has 134 valence electrons. The molecule has 2 aliphatic rings. The Labute approximate surface area is 153 Å². The van der Waals surface area contributed by atoms with Gasteiger partial charge in [0, 0.05) is 39.3 Å². The minimum atomic E-state index is 0.129. The number of likely N-dealkylation sites (N-methyl/N-ethyl adjacent to an activating group) is 1. The summed E-state index contributed by atoms with van der Waals surface area (Å²) in [4.78, 5) is 26.8. The minimum Gasteiger partial charge on any atom is -0.352 e. The molecule has 0 spiro atoms. The van der Waals surface area contributed by atoms with Gasteiger partial charge in [-0.1, -0.05) is 36.4 Å². The van der Waals surface area contributed by atoms with Crippen molar-refractivity contribution < 1.29 is 4.79 Å². The first-order valence-corrected chi connectivity index (χ1v) is 9.01. The molecule has 4 rings (SSSR count). The second-order valence-corrected chi connectivity index (χ2v) is 6.76. The Bertz CT molecular complexity index is 820. The summed E-state index contributed by atoms with van der Waals surface area (Å²) in [5.74, 6) is 1.88. The zero-order valence-electron chi connectivity index (χ0n) is 15.0. The van der Waals surface area contributed by atoms with Crippen molar-refractivity contribution in [3.8, 4) is 0 Å². The molecule has 0 aliphatic carbocycles. The summed E-state index contributed by atoms with van der Waals surface area (Å²) in [5, 5.41) is 0. The summed E-state index contributed by atoms with van der Waals surface area (Å²) in [6.45, 7) is 3.67. The van der Waals surface area contributed by atoms with Crippen LogP contribution < -0.4 is 9.80 Å². The van der Waals surface area contributed by atoms with Crippen LogP contribution in [0.5, 0.6) is 0 Å². The molecule has 0 bridgehead atoms. The number of aromatic nitrogens is 2. The summed E-state index contributed by atoms with van der Waals surface area (Å²) in [6.07, 6.45) is 4.88. The van der Waals surface area contributed by atoms with Gasteiger partial charge >= 0.3 is 0 Å². The lowest BCUT2D eigenvalue weighted by atomic mass is 10.00. The maximum Gasteiger partial charge on any atom is 0.241 e. The number of rotatable bonds is 3. The quantitative estimate of drug-likeness (QED) is 0.849. The van der Waals surface area contributed by atoms with Crippen LogP contribution >= 0.6 is 0 Å². The van der Waals surface area contributed by atoms with Crippen LogP contribution in [0.2, 0.25) is 0 Å². The summed E-state index contributed by atoms with van der Waals surface area (Å²) >= 11 is 0. The van der Waals surface area contributed by atoms with E-state index in [1.807, 2.05) is 24.1 Å². The molecule has 0 radical (unpaired) electrons. The average Bonchev–Trinajstić information content (AvgIpc) is 2.71. The van der Waals surface area contributed by atoms with E-state index in [1.165, 1.54) is 11.1 Å². The molecule has 26 heavy (non-hydrogen) atoms. The summed E-state index contributed by atoms with van der Waals surface area (Å²) in [5.41, 5.74) is 2.69. The van der Waals surface area contributed by atoms with Gasteiger partial charge in [-0.05, 0) is 17.6 Å². The molecule has 1 aromatic heterocycles. The van der Waals surface area contributed by atoms with E-state index in [4.69, 9.17) is 0 Å². The largest absolute Gasteiger partial charge is 0.352 e. The molecular weight excluding hydrogens is 326 g/mol. The number of piperazine rings is 1. The van der Waals surface area contributed by atoms with Crippen molar-refractivity contribution in [1.29, 1.82) is 0 Å². The lowest BCUT2D eigenvalue weighted by molar-refractivity contribution is -0.129. The maximum absolute atomic E-state index is 12.0. The second kappa shape index (κ2) is 7.15. The molecule has 0 atom stereocenters. The van der Waals surface area contributed by atoms with Gasteiger partial charge in [0.25, 0.3) is 0 Å². The topological polar surface area (TPSA) is 52.6 Å². The van der Waals surface area contributed by atoms with Crippen molar-refractivity contribution in [2.24, 2.45) is 0 Å². The van der Waals surface area contributed by atoms with E-state index >= 15 is 0 Å². The summed E-state index contributed by atoms with van der Waals surface area (Å²) in [6, 6.07) is 12.5. The van der Waals surface area contributed by atoms with Crippen LogP contribution in [-0.2, 0) is 4.79 Å². The van der Waals surface area contributed by atoms with Crippen molar-refractivity contribution in [2.75, 3.05) is 49.6 Å². The first kappa shape index (κ1) is 16.6. The molecule has 0 unspecified atom stereocenters. The molecule has 2 aromatic rings. The van der Waals surface area contributed by atoms with Gasteiger partial charge in [0.1, 0.15) is 18.0 Å². The fourth-order valence-corrected chi connectivity index (χ4v) is 3.43. The zero-order valence-corrected chi connectivity index (χ0v) is 15.0. The lowest BCUT2D eigenvalue weighted by Crippen LogP contribution is -2.48. The van der Waals surface area contributed by atoms with Gasteiger partial charge in [0.15, 0.2) is 0 Å². The molecule has 3 heterocycles. The van der Waals surface area contributed by atoms with Gasteiger partial charge in [-0.25, -0.2) is 9.97 Å². The SMILES string of the molecule is CN1CCN(c2cc(N3CC=C(c4ccccc4)CC3)ncn2)CC1=O. The van der Waals surface area contributed by atoms with Gasteiger partial charge in [-0.15, -0.1) is 0 Å². The highest BCUT2D eigenvalue weighted by Crippen LogP contribution is 2.26. The van der Waals surface area contributed by atoms with E-state index in [0.717, 1.165) is 44.2 Å².